The summed E-state index contributed by atoms with van der Waals surface area (Å²) >= 11 is 0. The molecule has 0 saturated carbocycles. The molecule has 2 unspecified atom stereocenters. The molecule has 20 nitrogen and oxygen atoms in total. The lowest BCUT2D eigenvalue weighted by atomic mass is 10.2. The quantitative estimate of drug-likeness (QED) is 0.0920. The normalized spacial score (nSPS) is 17.2. The molecule has 58 heavy (non-hydrogen) atoms. The number of Topliss-reactive ketones (excluding diaryl/α,β-unsaturated/α-hetero) is 2. The predicted octanol–water partition coefficient (Wildman–Crippen LogP) is -2.10. The number of hydrogen-bond acceptors (Lipinski definition) is 14. The number of hydrogen-bond donors (Lipinski definition) is 1. The summed E-state index contributed by atoms with van der Waals surface area (Å²) < 4.78 is 11.4. The highest BCUT2D eigenvalue weighted by Gasteiger charge is 2.31. The Morgan fingerprint density at radius 3 is 1.41 bits per heavy atom. The maximum absolute atomic E-state index is 13.0. The van der Waals surface area contributed by atoms with Crippen LogP contribution in [0, 0.1) is 0 Å². The van der Waals surface area contributed by atoms with E-state index < -0.39 is 84.5 Å². The molecule has 4 aliphatic rings. The second kappa shape index (κ2) is 21.3. The molecule has 0 fully saturated rings. The van der Waals surface area contributed by atoms with Crippen LogP contribution in [0.4, 0.5) is 0 Å². The van der Waals surface area contributed by atoms with E-state index in [1.165, 1.54) is 11.8 Å². The van der Waals surface area contributed by atoms with Gasteiger partial charge in [-0.05, 0) is 26.2 Å². The number of nitrogens with one attached hydrogen (secondary N) is 1. The van der Waals surface area contributed by atoms with Crippen molar-refractivity contribution >= 4 is 70.6 Å². The maximum Gasteiger partial charge on any atom is 0.253 e. The summed E-state index contributed by atoms with van der Waals surface area (Å²) in [5.74, 6) is -6.02. The summed E-state index contributed by atoms with van der Waals surface area (Å²) in [5, 5.41) is 2.61. The van der Waals surface area contributed by atoms with Gasteiger partial charge in [-0.2, -0.15) is 0 Å². The van der Waals surface area contributed by atoms with Gasteiger partial charge in [-0.15, -0.1) is 0 Å². The Labute approximate surface area is 332 Å². The lowest BCUT2D eigenvalue weighted by Gasteiger charge is -2.25. The van der Waals surface area contributed by atoms with Crippen molar-refractivity contribution in [2.75, 3.05) is 59.0 Å². The fourth-order valence-corrected chi connectivity index (χ4v) is 6.06. The zero-order valence-corrected chi connectivity index (χ0v) is 31.8. The number of imide groups is 4. The molecule has 0 saturated heterocycles. The molecule has 20 heteroatoms. The first-order valence-electron chi connectivity index (χ1n) is 18.6. The van der Waals surface area contributed by atoms with Crippen molar-refractivity contribution in [3.05, 3.63) is 48.6 Å². The van der Waals surface area contributed by atoms with Gasteiger partial charge in [0.15, 0.2) is 5.78 Å². The average molecular weight is 809 g/mol. The van der Waals surface area contributed by atoms with Crippen molar-refractivity contribution in [2.45, 2.75) is 57.7 Å². The summed E-state index contributed by atoms with van der Waals surface area (Å²) in [4.78, 5) is 152. The van der Waals surface area contributed by atoms with Crippen LogP contribution in [0.5, 0.6) is 0 Å². The maximum atomic E-state index is 13.0. The van der Waals surface area contributed by atoms with E-state index in [9.17, 15) is 57.5 Å². The largest absolute Gasteiger partial charge is 0.369 e. The third kappa shape index (κ3) is 13.2. The van der Waals surface area contributed by atoms with Crippen molar-refractivity contribution in [1.29, 1.82) is 0 Å². The molecule has 0 aromatic rings. The first-order chi connectivity index (χ1) is 27.6. The molecule has 0 aliphatic carbocycles. The smallest absolute Gasteiger partial charge is 0.253 e. The Hall–Kier alpha value is -6.28. The molecule has 1 N–H and O–H groups in total. The summed E-state index contributed by atoms with van der Waals surface area (Å²) in [7, 11) is 0. The van der Waals surface area contributed by atoms with Gasteiger partial charge < -0.3 is 24.5 Å². The van der Waals surface area contributed by atoms with Crippen LogP contribution in [0.3, 0.4) is 0 Å². The third-order valence-electron chi connectivity index (χ3n) is 9.29. The van der Waals surface area contributed by atoms with E-state index in [1.807, 2.05) is 0 Å². The Kier molecular flexibility index (Phi) is 16.3. The topological polar surface area (TPSA) is 252 Å². The Balaban J connectivity index is 1.25. The number of ether oxygens (including phenoxy) is 2. The fourth-order valence-electron chi connectivity index (χ4n) is 6.06. The Bertz CT molecular complexity index is 1660. The van der Waals surface area contributed by atoms with Crippen LogP contribution in [0.25, 0.3) is 0 Å². The van der Waals surface area contributed by atoms with E-state index in [0.29, 0.717) is 0 Å². The zero-order valence-electron chi connectivity index (χ0n) is 31.8. The van der Waals surface area contributed by atoms with E-state index in [4.69, 9.17) is 9.47 Å². The van der Waals surface area contributed by atoms with Crippen LogP contribution < -0.4 is 5.32 Å². The van der Waals surface area contributed by atoms with Gasteiger partial charge in [-0.25, -0.2) is 0 Å². The minimum absolute atomic E-state index is 0.00201. The number of carbonyl (C=O) groups excluding carboxylic acids is 12. The van der Waals surface area contributed by atoms with Crippen molar-refractivity contribution in [3.8, 4) is 0 Å². The molecule has 310 valence electrons. The van der Waals surface area contributed by atoms with Gasteiger partial charge in [0.25, 0.3) is 47.3 Å². The molecule has 10 amide bonds. The number of nitrogens with zero attached hydrogens (tertiary/aromatic N) is 5. The van der Waals surface area contributed by atoms with Crippen molar-refractivity contribution in [1.82, 2.24) is 29.8 Å². The Morgan fingerprint density at radius 2 is 0.983 bits per heavy atom. The lowest BCUT2D eigenvalue weighted by Crippen LogP contribution is -2.43. The predicted molar refractivity (Wildman–Crippen MR) is 196 cm³/mol. The first kappa shape index (κ1) is 44.4. The standard InChI is InChI=1S/C38H44N6O14/c1-25(45)4-5-30(48)40(17-2-3-26(46)23-57-27(21-43-35(53)10-11-36(43)54)14-18-41-31(49)6-7-32(41)50)20-16-39-29(47)24-58-28(22-44-37(55)12-13-38(44)56)15-19-42-33(51)8-9-34(42)52/h6-13,27-28H,2-5,14-24H2,1H3,(H,39,47). The van der Waals surface area contributed by atoms with Crippen molar-refractivity contribution in [3.63, 3.8) is 0 Å². The van der Waals surface area contributed by atoms with Gasteiger partial charge in [0.1, 0.15) is 19.0 Å². The molecular formula is C38H44N6O14. The molecule has 0 radical (unpaired) electrons. The molecule has 0 aromatic heterocycles. The fraction of sp³-hybridized carbons (Fsp3) is 0.474. The van der Waals surface area contributed by atoms with Crippen LogP contribution in [0.15, 0.2) is 48.6 Å². The number of amides is 10. The van der Waals surface area contributed by atoms with Crippen LogP contribution in [-0.2, 0) is 67.0 Å². The highest BCUT2D eigenvalue weighted by atomic mass is 16.5. The molecule has 4 heterocycles. The molecule has 4 aliphatic heterocycles. The molecule has 2 atom stereocenters. The molecule has 4 rings (SSSR count). The van der Waals surface area contributed by atoms with Gasteiger partial charge in [-0.1, -0.05) is 0 Å². The van der Waals surface area contributed by atoms with Crippen LogP contribution in [0.2, 0.25) is 0 Å². The van der Waals surface area contributed by atoms with Gasteiger partial charge in [0.05, 0.1) is 25.3 Å². The van der Waals surface area contributed by atoms with Crippen molar-refractivity contribution < 1.29 is 67.0 Å². The second-order valence-corrected chi connectivity index (χ2v) is 13.6. The van der Waals surface area contributed by atoms with E-state index in [0.717, 1.165) is 68.2 Å². The Morgan fingerprint density at radius 1 is 0.569 bits per heavy atom. The number of carbonyl (C=O) groups is 12. The van der Waals surface area contributed by atoms with E-state index in [-0.39, 0.29) is 95.9 Å². The van der Waals surface area contributed by atoms with E-state index >= 15 is 0 Å². The summed E-state index contributed by atoms with van der Waals surface area (Å²) in [5.41, 5.74) is 0. The summed E-state index contributed by atoms with van der Waals surface area (Å²) in [6, 6.07) is 0. The van der Waals surface area contributed by atoms with Gasteiger partial charge in [0, 0.05) is 101 Å². The van der Waals surface area contributed by atoms with Gasteiger partial charge >= 0.3 is 0 Å². The van der Waals surface area contributed by atoms with E-state index in [1.54, 1.807) is 0 Å². The third-order valence-corrected chi connectivity index (χ3v) is 9.29. The average Bonchev–Trinajstić information content (AvgIpc) is 3.90. The van der Waals surface area contributed by atoms with Crippen LogP contribution in [-0.4, -0.2) is 166 Å². The van der Waals surface area contributed by atoms with Crippen LogP contribution in [0.1, 0.15) is 45.4 Å². The highest BCUT2D eigenvalue weighted by molar-refractivity contribution is 6.14. The minimum atomic E-state index is -0.917. The number of ketones is 2. The molecule has 0 bridgehead atoms. The molecule has 0 aromatic carbocycles. The van der Waals surface area contributed by atoms with E-state index in [2.05, 4.69) is 5.32 Å². The number of rotatable bonds is 26. The first-order valence-corrected chi connectivity index (χ1v) is 18.6. The summed E-state index contributed by atoms with van der Waals surface area (Å²) in [6.45, 7) is -0.214. The molecular weight excluding hydrogens is 764 g/mol. The second-order valence-electron chi connectivity index (χ2n) is 13.6. The van der Waals surface area contributed by atoms with Gasteiger partial charge in [0.2, 0.25) is 11.8 Å². The molecule has 0 spiro atoms. The zero-order chi connectivity index (χ0) is 42.4. The highest BCUT2D eigenvalue weighted by Crippen LogP contribution is 2.14. The SMILES string of the molecule is CC(=O)CCC(=O)N(CCCC(=O)COC(CCN1C(=O)C=CC1=O)CN1C(=O)C=CC1=O)CCNC(=O)COC(CCN1C(=O)C=CC1=O)CN1C(=O)C=CC1=O. The summed E-state index contributed by atoms with van der Waals surface area (Å²) in [6.07, 6.45) is 7.04. The van der Waals surface area contributed by atoms with Crippen LogP contribution >= 0.6 is 0 Å². The minimum Gasteiger partial charge on any atom is -0.369 e. The van der Waals surface area contributed by atoms with Crippen molar-refractivity contribution in [2.24, 2.45) is 0 Å². The van der Waals surface area contributed by atoms with Gasteiger partial charge in [-0.3, -0.25) is 72.3 Å². The lowest BCUT2D eigenvalue weighted by molar-refractivity contribution is -0.142. The monoisotopic (exact) mass is 808 g/mol.